The van der Waals surface area contributed by atoms with Crippen LogP contribution in [0.3, 0.4) is 0 Å². The highest BCUT2D eigenvalue weighted by molar-refractivity contribution is 5.96. The third-order valence-electron chi connectivity index (χ3n) is 3.65. The lowest BCUT2D eigenvalue weighted by molar-refractivity contribution is 0.0950. The van der Waals surface area contributed by atoms with Crippen LogP contribution < -0.4 is 10.1 Å². The molecule has 0 aliphatic heterocycles. The molecule has 0 radical (unpaired) electrons. The highest BCUT2D eigenvalue weighted by Crippen LogP contribution is 2.14. The fraction of sp³-hybridized carbons (Fsp3) is 0.375. The Kier molecular flexibility index (Phi) is 4.45. The fourth-order valence-corrected chi connectivity index (χ4v) is 2.53. The summed E-state index contributed by atoms with van der Waals surface area (Å²) in [4.78, 5) is 16.5. The van der Waals surface area contributed by atoms with Gasteiger partial charge in [-0.25, -0.2) is 9.50 Å². The molecule has 1 N–H and O–H groups in total. The zero-order valence-electron chi connectivity index (χ0n) is 14.0. The number of methoxy groups -OCH3 is 1. The van der Waals surface area contributed by atoms with E-state index in [1.54, 1.807) is 22.4 Å². The van der Waals surface area contributed by atoms with Crippen molar-refractivity contribution < 1.29 is 9.53 Å². The number of aromatic nitrogens is 5. The Balaban J connectivity index is 1.53. The molecule has 0 fully saturated rings. The average Bonchev–Trinajstić information content (AvgIpc) is 3.12. The normalized spacial score (nSPS) is 11.0. The van der Waals surface area contributed by atoms with Gasteiger partial charge in [-0.3, -0.25) is 9.48 Å². The number of carbonyl (C=O) groups is 1. The van der Waals surface area contributed by atoms with E-state index in [0.717, 1.165) is 29.7 Å². The molecule has 0 unspecified atom stereocenters. The van der Waals surface area contributed by atoms with E-state index in [0.29, 0.717) is 18.0 Å². The van der Waals surface area contributed by atoms with E-state index in [2.05, 4.69) is 20.5 Å². The van der Waals surface area contributed by atoms with E-state index in [9.17, 15) is 4.79 Å². The molecule has 3 heterocycles. The van der Waals surface area contributed by atoms with Crippen molar-refractivity contribution in [1.82, 2.24) is 29.7 Å². The number of nitrogens with one attached hydrogen (secondary N) is 1. The molecule has 0 atom stereocenters. The van der Waals surface area contributed by atoms with Gasteiger partial charge in [0, 0.05) is 38.2 Å². The molecule has 126 valence electrons. The third-order valence-corrected chi connectivity index (χ3v) is 3.65. The van der Waals surface area contributed by atoms with E-state index in [1.807, 2.05) is 25.4 Å². The maximum atomic E-state index is 12.2. The molecular weight excluding hydrogens is 308 g/mol. The number of amides is 1. The lowest BCUT2D eigenvalue weighted by Gasteiger charge is -2.05. The number of rotatable bonds is 6. The van der Waals surface area contributed by atoms with E-state index in [-0.39, 0.29) is 5.91 Å². The van der Waals surface area contributed by atoms with Crippen LogP contribution in [0.4, 0.5) is 0 Å². The van der Waals surface area contributed by atoms with Crippen LogP contribution in [0.2, 0.25) is 0 Å². The van der Waals surface area contributed by atoms with Crippen LogP contribution in [0.5, 0.6) is 5.88 Å². The molecule has 8 heteroatoms. The summed E-state index contributed by atoms with van der Waals surface area (Å²) in [6, 6.07) is 1.94. The number of hydrogen-bond donors (Lipinski definition) is 1. The van der Waals surface area contributed by atoms with Crippen molar-refractivity contribution in [2.45, 2.75) is 19.8 Å². The van der Waals surface area contributed by atoms with Gasteiger partial charge in [0.15, 0.2) is 5.65 Å². The zero-order valence-corrected chi connectivity index (χ0v) is 14.0. The average molecular weight is 328 g/mol. The summed E-state index contributed by atoms with van der Waals surface area (Å²) in [7, 11) is 3.25. The first kappa shape index (κ1) is 16.0. The highest BCUT2D eigenvalue weighted by Gasteiger charge is 2.15. The van der Waals surface area contributed by atoms with Gasteiger partial charge in [-0.05, 0) is 25.3 Å². The topological polar surface area (TPSA) is 86.3 Å². The fourth-order valence-electron chi connectivity index (χ4n) is 2.53. The van der Waals surface area contributed by atoms with Gasteiger partial charge in [-0.2, -0.15) is 5.10 Å². The number of carbonyl (C=O) groups excluding carboxylic acids is 1. The minimum atomic E-state index is -0.184. The van der Waals surface area contributed by atoms with Gasteiger partial charge in [-0.15, -0.1) is 5.10 Å². The summed E-state index contributed by atoms with van der Waals surface area (Å²) < 4.78 is 8.43. The number of aryl methyl sites for hydroxylation is 3. The summed E-state index contributed by atoms with van der Waals surface area (Å²) >= 11 is 0. The molecule has 0 spiro atoms. The van der Waals surface area contributed by atoms with Crippen molar-refractivity contribution in [3.8, 4) is 5.88 Å². The van der Waals surface area contributed by atoms with E-state index in [4.69, 9.17) is 4.74 Å². The summed E-state index contributed by atoms with van der Waals surface area (Å²) in [5.74, 6) is 0.148. The molecular formula is C16H20N6O2. The number of fused-ring (bicyclic) bond motifs is 1. The van der Waals surface area contributed by atoms with Crippen LogP contribution in [0, 0.1) is 6.92 Å². The minimum absolute atomic E-state index is 0.184. The van der Waals surface area contributed by atoms with Crippen molar-refractivity contribution in [2.75, 3.05) is 13.7 Å². The van der Waals surface area contributed by atoms with Gasteiger partial charge in [0.25, 0.3) is 5.91 Å². The quantitative estimate of drug-likeness (QED) is 0.686. The largest absolute Gasteiger partial charge is 0.479 e. The van der Waals surface area contributed by atoms with Crippen molar-refractivity contribution in [3.05, 3.63) is 41.5 Å². The smallest absolute Gasteiger partial charge is 0.258 e. The molecule has 0 aliphatic carbocycles. The van der Waals surface area contributed by atoms with E-state index in [1.165, 1.54) is 7.11 Å². The first-order valence-electron chi connectivity index (χ1n) is 7.73. The monoisotopic (exact) mass is 328 g/mol. The van der Waals surface area contributed by atoms with Crippen molar-refractivity contribution in [3.63, 3.8) is 0 Å². The van der Waals surface area contributed by atoms with Crippen LogP contribution in [0.15, 0.2) is 24.7 Å². The van der Waals surface area contributed by atoms with Crippen molar-refractivity contribution in [2.24, 2.45) is 7.05 Å². The molecule has 24 heavy (non-hydrogen) atoms. The first-order chi connectivity index (χ1) is 11.6. The molecule has 3 aromatic heterocycles. The van der Waals surface area contributed by atoms with Crippen LogP contribution in [-0.2, 0) is 13.5 Å². The van der Waals surface area contributed by atoms with E-state index < -0.39 is 0 Å². The first-order valence-corrected chi connectivity index (χ1v) is 7.73. The molecule has 1 amide bonds. The Morgan fingerprint density at radius 3 is 2.96 bits per heavy atom. The Morgan fingerprint density at radius 2 is 2.17 bits per heavy atom. The predicted octanol–water partition coefficient (Wildman–Crippen LogP) is 1.14. The molecule has 3 rings (SSSR count). The lowest BCUT2D eigenvalue weighted by Crippen LogP contribution is -2.24. The van der Waals surface area contributed by atoms with Gasteiger partial charge in [0.2, 0.25) is 5.88 Å². The summed E-state index contributed by atoms with van der Waals surface area (Å²) in [5.41, 5.74) is 3.31. The summed E-state index contributed by atoms with van der Waals surface area (Å²) in [5, 5.41) is 11.3. The van der Waals surface area contributed by atoms with Crippen LogP contribution in [0.1, 0.15) is 28.0 Å². The second kappa shape index (κ2) is 6.69. The minimum Gasteiger partial charge on any atom is -0.479 e. The Morgan fingerprint density at radius 1 is 1.33 bits per heavy atom. The van der Waals surface area contributed by atoms with E-state index >= 15 is 0 Å². The van der Waals surface area contributed by atoms with Gasteiger partial charge in [0.05, 0.1) is 12.8 Å². The van der Waals surface area contributed by atoms with Gasteiger partial charge >= 0.3 is 0 Å². The molecule has 0 aromatic carbocycles. The Hall–Kier alpha value is -2.90. The van der Waals surface area contributed by atoms with Crippen molar-refractivity contribution >= 4 is 11.6 Å². The Bertz CT molecular complexity index is 867. The number of hydrogen-bond acceptors (Lipinski definition) is 5. The molecule has 3 aromatic rings. The van der Waals surface area contributed by atoms with Gasteiger partial charge in [-0.1, -0.05) is 0 Å². The summed E-state index contributed by atoms with van der Waals surface area (Å²) in [6.45, 7) is 2.50. The molecule has 0 saturated heterocycles. The maximum absolute atomic E-state index is 12.2. The second-order valence-corrected chi connectivity index (χ2v) is 5.64. The number of nitrogens with zero attached hydrogens (tertiary/aromatic N) is 5. The SMILES string of the molecule is COc1nn(C)cc1C(=O)NCCCc1cnc2cc(C)nn2c1. The molecule has 0 bridgehead atoms. The predicted molar refractivity (Wildman–Crippen MR) is 88.1 cm³/mol. The molecule has 0 saturated carbocycles. The second-order valence-electron chi connectivity index (χ2n) is 5.64. The van der Waals surface area contributed by atoms with Crippen LogP contribution in [-0.4, -0.2) is 43.9 Å². The standard InChI is InChI=1S/C16H20N6O2/c1-11-7-14-18-8-12(9-22(14)19-11)5-4-6-17-15(23)13-10-21(2)20-16(13)24-3/h7-10H,4-6H2,1-3H3,(H,17,23). The number of ether oxygens (including phenoxy) is 1. The third kappa shape index (κ3) is 3.37. The lowest BCUT2D eigenvalue weighted by atomic mass is 10.2. The highest BCUT2D eigenvalue weighted by atomic mass is 16.5. The maximum Gasteiger partial charge on any atom is 0.258 e. The van der Waals surface area contributed by atoms with Crippen LogP contribution in [0.25, 0.3) is 5.65 Å². The van der Waals surface area contributed by atoms with Crippen molar-refractivity contribution in [1.29, 1.82) is 0 Å². The summed E-state index contributed by atoms with van der Waals surface area (Å²) in [6.07, 6.45) is 7.09. The van der Waals surface area contributed by atoms with Gasteiger partial charge in [0.1, 0.15) is 5.56 Å². The van der Waals surface area contributed by atoms with Gasteiger partial charge < -0.3 is 10.1 Å². The van der Waals surface area contributed by atoms with Crippen LogP contribution >= 0.6 is 0 Å². The molecule has 0 aliphatic rings. The molecule has 8 nitrogen and oxygen atoms in total. The Labute approximate surface area is 139 Å². The zero-order chi connectivity index (χ0) is 17.1.